The topological polar surface area (TPSA) is 14.1 Å². The number of hydrogen-bond acceptors (Lipinski definition) is 0. The summed E-state index contributed by atoms with van der Waals surface area (Å²) < 4.78 is 0. The molecule has 1 radical (unpaired) electrons. The molecule has 1 aliphatic heterocycles. The average molecular weight is 82.1 g/mol. The minimum Gasteiger partial charge on any atom is -0.294 e. The molecule has 0 aromatic rings. The first-order valence-corrected chi connectivity index (χ1v) is 2.32. The van der Waals surface area contributed by atoms with Gasteiger partial charge in [-0.05, 0) is 12.8 Å². The van der Waals surface area contributed by atoms with Gasteiger partial charge in [-0.1, -0.05) is 6.08 Å². The van der Waals surface area contributed by atoms with Crippen molar-refractivity contribution in [2.24, 2.45) is 0 Å². The Morgan fingerprint density at radius 3 is 2.67 bits per heavy atom. The van der Waals surface area contributed by atoms with E-state index in [1.54, 1.807) is 0 Å². The Morgan fingerprint density at radius 2 is 2.50 bits per heavy atom. The summed E-state index contributed by atoms with van der Waals surface area (Å²) in [7, 11) is 0. The Hall–Kier alpha value is -0.460. The molecule has 0 aliphatic carbocycles. The maximum absolute atomic E-state index is 4.00. The lowest BCUT2D eigenvalue weighted by Gasteiger charge is -1.98. The summed E-state index contributed by atoms with van der Waals surface area (Å²) in [4.78, 5) is 0. The van der Waals surface area contributed by atoms with Crippen LogP contribution in [0.5, 0.6) is 0 Å². The van der Waals surface area contributed by atoms with Crippen molar-refractivity contribution >= 4 is 0 Å². The summed E-state index contributed by atoms with van der Waals surface area (Å²) in [6.45, 7) is 1.04. The Balaban J connectivity index is 2.26. The quantitative estimate of drug-likeness (QED) is 0.412. The Bertz CT molecular complexity index is 49.0. The van der Waals surface area contributed by atoms with Gasteiger partial charge in [0, 0.05) is 12.7 Å². The summed E-state index contributed by atoms with van der Waals surface area (Å²) in [6, 6.07) is 0. The lowest BCUT2D eigenvalue weighted by atomic mass is 10.2. The van der Waals surface area contributed by atoms with Crippen molar-refractivity contribution in [1.29, 1.82) is 0 Å². The van der Waals surface area contributed by atoms with Crippen LogP contribution in [0.3, 0.4) is 0 Å². The van der Waals surface area contributed by atoms with Gasteiger partial charge in [-0.15, -0.1) is 0 Å². The van der Waals surface area contributed by atoms with E-state index in [-0.39, 0.29) is 0 Å². The normalized spacial score (nSPS) is 20.0. The summed E-state index contributed by atoms with van der Waals surface area (Å²) in [6.07, 6.45) is 6.47. The second-order valence-corrected chi connectivity index (χ2v) is 1.43. The van der Waals surface area contributed by atoms with E-state index in [1.165, 1.54) is 12.8 Å². The van der Waals surface area contributed by atoms with E-state index in [1.807, 2.05) is 6.20 Å². The zero-order chi connectivity index (χ0) is 4.24. The monoisotopic (exact) mass is 82.1 g/mol. The third kappa shape index (κ3) is 0.744. The van der Waals surface area contributed by atoms with Crippen LogP contribution in [0.25, 0.3) is 0 Å². The molecular formula is C5H8N. The molecule has 0 unspecified atom stereocenters. The van der Waals surface area contributed by atoms with Crippen LogP contribution in [0.1, 0.15) is 12.8 Å². The molecule has 0 saturated heterocycles. The molecule has 0 aromatic heterocycles. The second kappa shape index (κ2) is 1.85. The van der Waals surface area contributed by atoms with Crippen LogP contribution in [0.2, 0.25) is 0 Å². The van der Waals surface area contributed by atoms with Crippen LogP contribution in [-0.2, 0) is 0 Å². The van der Waals surface area contributed by atoms with Gasteiger partial charge in [0.2, 0.25) is 0 Å². The van der Waals surface area contributed by atoms with Crippen LogP contribution in [0.4, 0.5) is 0 Å². The number of hydrogen-bond donors (Lipinski definition) is 0. The van der Waals surface area contributed by atoms with Crippen LogP contribution in [-0.4, -0.2) is 6.54 Å². The molecule has 1 aliphatic rings. The van der Waals surface area contributed by atoms with Crippen LogP contribution in [0.15, 0.2) is 12.3 Å². The molecule has 0 aromatic carbocycles. The highest BCUT2D eigenvalue weighted by Crippen LogP contribution is 1.93. The molecule has 0 bridgehead atoms. The molecule has 33 valence electrons. The largest absolute Gasteiger partial charge is 0.294 e. The van der Waals surface area contributed by atoms with Crippen LogP contribution >= 0.6 is 0 Å². The first-order valence-electron chi connectivity index (χ1n) is 2.32. The number of rotatable bonds is 0. The fraction of sp³-hybridized carbons (Fsp3) is 0.600. The molecule has 1 rings (SSSR count). The Labute approximate surface area is 38.1 Å². The number of nitrogens with zero attached hydrogens (tertiary/aromatic N) is 1. The predicted octanol–water partition coefficient (Wildman–Crippen LogP) is 0.898. The lowest BCUT2D eigenvalue weighted by Crippen LogP contribution is -2.01. The van der Waals surface area contributed by atoms with Crippen molar-refractivity contribution < 1.29 is 0 Å². The van der Waals surface area contributed by atoms with Gasteiger partial charge in [-0.3, -0.25) is 5.32 Å². The second-order valence-electron chi connectivity index (χ2n) is 1.43. The van der Waals surface area contributed by atoms with Crippen molar-refractivity contribution in [2.75, 3.05) is 6.54 Å². The highest BCUT2D eigenvalue weighted by atomic mass is 14.8. The third-order valence-electron chi connectivity index (χ3n) is 0.869. The van der Waals surface area contributed by atoms with E-state index in [0.717, 1.165) is 6.54 Å². The lowest BCUT2D eigenvalue weighted by molar-refractivity contribution is 0.718. The molecule has 0 amide bonds. The van der Waals surface area contributed by atoms with Crippen molar-refractivity contribution in [2.45, 2.75) is 12.8 Å². The van der Waals surface area contributed by atoms with Crippen LogP contribution < -0.4 is 5.32 Å². The van der Waals surface area contributed by atoms with Gasteiger partial charge in [0.1, 0.15) is 0 Å². The standard InChI is InChI=1S/C5H8N/c1-2-4-6-5-3-1/h2,4H,1,3,5H2. The summed E-state index contributed by atoms with van der Waals surface area (Å²) in [5.41, 5.74) is 0. The van der Waals surface area contributed by atoms with Gasteiger partial charge >= 0.3 is 0 Å². The predicted molar refractivity (Wildman–Crippen MR) is 25.4 cm³/mol. The fourth-order valence-electron chi connectivity index (χ4n) is 0.524. The van der Waals surface area contributed by atoms with Crippen molar-refractivity contribution in [1.82, 2.24) is 5.32 Å². The van der Waals surface area contributed by atoms with Crippen molar-refractivity contribution in [3.8, 4) is 0 Å². The maximum Gasteiger partial charge on any atom is 0.0392 e. The summed E-state index contributed by atoms with van der Waals surface area (Å²) in [5, 5.41) is 4.00. The van der Waals surface area contributed by atoms with E-state index < -0.39 is 0 Å². The first kappa shape index (κ1) is 3.72. The summed E-state index contributed by atoms with van der Waals surface area (Å²) >= 11 is 0. The van der Waals surface area contributed by atoms with E-state index in [2.05, 4.69) is 11.4 Å². The van der Waals surface area contributed by atoms with Gasteiger partial charge in [-0.2, -0.15) is 0 Å². The van der Waals surface area contributed by atoms with Crippen molar-refractivity contribution in [3.05, 3.63) is 12.3 Å². The number of allylic oxidation sites excluding steroid dienone is 1. The Kier molecular flexibility index (Phi) is 1.15. The molecule has 6 heavy (non-hydrogen) atoms. The van der Waals surface area contributed by atoms with Gasteiger partial charge < -0.3 is 0 Å². The van der Waals surface area contributed by atoms with Crippen molar-refractivity contribution in [3.63, 3.8) is 0 Å². The molecule has 0 saturated carbocycles. The SMILES string of the molecule is C1=C[N]CCC1. The Morgan fingerprint density at radius 1 is 1.50 bits per heavy atom. The molecule has 0 N–H and O–H groups in total. The third-order valence-corrected chi connectivity index (χ3v) is 0.869. The smallest absolute Gasteiger partial charge is 0.0392 e. The average Bonchev–Trinajstić information content (AvgIpc) is 1.72. The van der Waals surface area contributed by atoms with E-state index >= 15 is 0 Å². The van der Waals surface area contributed by atoms with Gasteiger partial charge in [0.15, 0.2) is 0 Å². The molecule has 0 atom stereocenters. The highest BCUT2D eigenvalue weighted by molar-refractivity contribution is 4.83. The molecule has 0 spiro atoms. The van der Waals surface area contributed by atoms with Gasteiger partial charge in [0.05, 0.1) is 0 Å². The van der Waals surface area contributed by atoms with Gasteiger partial charge in [-0.25, -0.2) is 0 Å². The fourth-order valence-corrected chi connectivity index (χ4v) is 0.524. The molecule has 0 fully saturated rings. The molecular weight excluding hydrogens is 74.1 g/mol. The maximum atomic E-state index is 4.00. The highest BCUT2D eigenvalue weighted by Gasteiger charge is 1.86. The van der Waals surface area contributed by atoms with E-state index in [9.17, 15) is 0 Å². The first-order chi connectivity index (χ1) is 3.00. The van der Waals surface area contributed by atoms with E-state index in [4.69, 9.17) is 0 Å². The molecule has 1 nitrogen and oxygen atoms in total. The molecule has 1 heterocycles. The zero-order valence-corrected chi connectivity index (χ0v) is 3.72. The van der Waals surface area contributed by atoms with Gasteiger partial charge in [0.25, 0.3) is 0 Å². The minimum atomic E-state index is 1.04. The summed E-state index contributed by atoms with van der Waals surface area (Å²) in [5.74, 6) is 0. The van der Waals surface area contributed by atoms with Crippen LogP contribution in [0, 0.1) is 0 Å². The molecule has 1 heteroatoms. The van der Waals surface area contributed by atoms with E-state index in [0.29, 0.717) is 0 Å². The zero-order valence-electron chi connectivity index (χ0n) is 3.72. The minimum absolute atomic E-state index is 1.04.